The summed E-state index contributed by atoms with van der Waals surface area (Å²) >= 11 is 0. The van der Waals surface area contributed by atoms with Gasteiger partial charge in [0.2, 0.25) is 10.9 Å². The Kier molecular flexibility index (Phi) is 6.19. The number of hydrogen-bond acceptors (Lipinski definition) is 8. The van der Waals surface area contributed by atoms with Crippen LogP contribution in [0.4, 0.5) is 11.4 Å². The molecule has 0 bridgehead atoms. The van der Waals surface area contributed by atoms with Gasteiger partial charge in [-0.3, -0.25) is 25.0 Å². The van der Waals surface area contributed by atoms with Gasteiger partial charge in [-0.15, -0.1) is 0 Å². The van der Waals surface area contributed by atoms with E-state index in [0.29, 0.717) is 11.4 Å². The maximum Gasteiger partial charge on any atom is 0.294 e. The lowest BCUT2D eigenvalue weighted by Crippen LogP contribution is -2.47. The third-order valence-corrected chi connectivity index (χ3v) is 5.06. The van der Waals surface area contributed by atoms with E-state index in [2.05, 4.69) is 21.1 Å². The van der Waals surface area contributed by atoms with Gasteiger partial charge in [0, 0.05) is 0 Å². The molecule has 0 unspecified atom stereocenters. The van der Waals surface area contributed by atoms with E-state index in [-0.39, 0.29) is 15.6 Å². The van der Waals surface area contributed by atoms with Crippen LogP contribution in [0, 0.1) is 0 Å². The molecule has 0 heterocycles. The molecule has 0 radical (unpaired) electrons. The normalized spacial score (nSPS) is 12.7. The van der Waals surface area contributed by atoms with Crippen molar-refractivity contribution in [1.29, 1.82) is 0 Å². The first-order valence-electron chi connectivity index (χ1n) is 8.89. The van der Waals surface area contributed by atoms with Crippen molar-refractivity contribution in [2.75, 3.05) is 10.9 Å². The molecular formula is C20H18N4O5S. The predicted molar refractivity (Wildman–Crippen MR) is 112 cm³/mol. The minimum absolute atomic E-state index is 0.0460. The summed E-state index contributed by atoms with van der Waals surface area (Å²) in [7, 11) is -4.30. The van der Waals surface area contributed by atoms with Crippen LogP contribution >= 0.6 is 0 Å². The largest absolute Gasteiger partial charge is 0.294 e. The van der Waals surface area contributed by atoms with E-state index in [1.807, 2.05) is 19.1 Å². The monoisotopic (exact) mass is 426 g/mol. The molecule has 154 valence electrons. The Morgan fingerprint density at radius 1 is 0.833 bits per heavy atom. The first kappa shape index (κ1) is 21.1. The SMILES string of the molecule is CCc1ccc(NN=c2c(=O)ccc(=NNc3ccc(S(=O)(=O)O)cc3)c2=O)cc1. The van der Waals surface area contributed by atoms with Crippen LogP contribution < -0.4 is 32.4 Å². The lowest BCUT2D eigenvalue weighted by molar-refractivity contribution is 0.483. The Labute approximate surface area is 171 Å². The summed E-state index contributed by atoms with van der Waals surface area (Å²) < 4.78 is 31.1. The average molecular weight is 426 g/mol. The number of benzene rings is 3. The molecule has 0 atom stereocenters. The van der Waals surface area contributed by atoms with Crippen LogP contribution in [-0.4, -0.2) is 13.0 Å². The molecular weight excluding hydrogens is 408 g/mol. The Morgan fingerprint density at radius 2 is 1.40 bits per heavy atom. The molecule has 0 spiro atoms. The smallest absolute Gasteiger partial charge is 0.287 e. The molecule has 9 nitrogen and oxygen atoms in total. The highest BCUT2D eigenvalue weighted by molar-refractivity contribution is 7.85. The quantitative estimate of drug-likeness (QED) is 0.394. The lowest BCUT2D eigenvalue weighted by Gasteiger charge is -2.01. The summed E-state index contributed by atoms with van der Waals surface area (Å²) in [5.74, 6) is 0. The number of hydrogen-bond donors (Lipinski definition) is 3. The molecule has 0 amide bonds. The molecule has 3 N–H and O–H groups in total. The van der Waals surface area contributed by atoms with Gasteiger partial charge in [0.25, 0.3) is 10.1 Å². The molecule has 0 fully saturated rings. The van der Waals surface area contributed by atoms with Gasteiger partial charge in [-0.2, -0.15) is 18.6 Å². The summed E-state index contributed by atoms with van der Waals surface area (Å²) in [6, 6.07) is 15.0. The van der Waals surface area contributed by atoms with Crippen molar-refractivity contribution in [2.45, 2.75) is 18.2 Å². The zero-order valence-corrected chi connectivity index (χ0v) is 16.7. The fourth-order valence-electron chi connectivity index (χ4n) is 2.50. The number of rotatable bonds is 6. The van der Waals surface area contributed by atoms with Gasteiger partial charge in [-0.25, -0.2) is 0 Å². The summed E-state index contributed by atoms with van der Waals surface area (Å²) in [6.07, 6.45) is 0.891. The van der Waals surface area contributed by atoms with Gasteiger partial charge < -0.3 is 0 Å². The van der Waals surface area contributed by atoms with Gasteiger partial charge in [-0.1, -0.05) is 19.1 Å². The number of nitrogens with one attached hydrogen (secondary N) is 2. The minimum Gasteiger partial charge on any atom is -0.287 e. The van der Waals surface area contributed by atoms with Crippen molar-refractivity contribution in [3.63, 3.8) is 0 Å². The number of anilines is 2. The van der Waals surface area contributed by atoms with E-state index in [4.69, 9.17) is 4.55 Å². The number of nitrogens with zero attached hydrogens (tertiary/aromatic N) is 2. The Balaban J connectivity index is 1.88. The second kappa shape index (κ2) is 8.80. The van der Waals surface area contributed by atoms with E-state index >= 15 is 0 Å². The van der Waals surface area contributed by atoms with Gasteiger partial charge in [0.05, 0.1) is 16.3 Å². The molecule has 0 saturated carbocycles. The summed E-state index contributed by atoms with van der Waals surface area (Å²) in [5.41, 5.74) is 6.23. The van der Waals surface area contributed by atoms with Gasteiger partial charge in [0.15, 0.2) is 5.36 Å². The first-order chi connectivity index (χ1) is 14.3. The molecule has 30 heavy (non-hydrogen) atoms. The highest BCUT2D eigenvalue weighted by Crippen LogP contribution is 2.13. The summed E-state index contributed by atoms with van der Waals surface area (Å²) in [5, 5.41) is 7.52. The highest BCUT2D eigenvalue weighted by atomic mass is 32.2. The fourth-order valence-corrected chi connectivity index (χ4v) is 2.98. The highest BCUT2D eigenvalue weighted by Gasteiger charge is 2.08. The van der Waals surface area contributed by atoms with Crippen molar-refractivity contribution in [3.05, 3.63) is 97.4 Å². The van der Waals surface area contributed by atoms with Crippen LogP contribution in [0.15, 0.2) is 85.4 Å². The van der Waals surface area contributed by atoms with E-state index < -0.39 is 21.0 Å². The molecule has 0 aliphatic carbocycles. The summed E-state index contributed by atoms with van der Waals surface area (Å²) in [4.78, 5) is 24.3. The van der Waals surface area contributed by atoms with Crippen molar-refractivity contribution in [2.24, 2.45) is 10.2 Å². The number of aryl methyl sites for hydroxylation is 1. The second-order valence-electron chi connectivity index (χ2n) is 6.26. The molecule has 10 heteroatoms. The van der Waals surface area contributed by atoms with E-state index in [0.717, 1.165) is 12.0 Å². The zero-order chi connectivity index (χ0) is 21.7. The lowest BCUT2D eigenvalue weighted by atomic mass is 10.2. The zero-order valence-electron chi connectivity index (χ0n) is 15.9. The minimum atomic E-state index is -4.30. The topological polar surface area (TPSA) is 137 Å². The molecule has 3 aromatic rings. The predicted octanol–water partition coefficient (Wildman–Crippen LogP) is 0.947. The standard InChI is InChI=1S/C20H18N4O5S/c1-2-13-3-5-14(6-4-13)22-24-19-18(25)12-11-17(20(19)26)23-21-15-7-9-16(10-8-15)30(27,28)29/h3-12,21-22H,2H2,1H3,(H,27,28,29). The van der Waals surface area contributed by atoms with Gasteiger partial charge in [0.1, 0.15) is 5.36 Å². The van der Waals surface area contributed by atoms with Crippen LogP contribution in [0.3, 0.4) is 0 Å². The first-order valence-corrected chi connectivity index (χ1v) is 10.3. The molecule has 0 aliphatic rings. The van der Waals surface area contributed by atoms with Gasteiger partial charge in [-0.05, 0) is 60.5 Å². The van der Waals surface area contributed by atoms with Crippen molar-refractivity contribution < 1.29 is 13.0 Å². The van der Waals surface area contributed by atoms with Crippen LogP contribution in [0.25, 0.3) is 0 Å². The van der Waals surface area contributed by atoms with Gasteiger partial charge >= 0.3 is 0 Å². The third-order valence-electron chi connectivity index (χ3n) is 4.19. The van der Waals surface area contributed by atoms with Crippen LogP contribution in [0.2, 0.25) is 0 Å². The van der Waals surface area contributed by atoms with Crippen LogP contribution in [-0.2, 0) is 16.5 Å². The Bertz CT molecular complexity index is 1370. The van der Waals surface area contributed by atoms with E-state index in [9.17, 15) is 18.0 Å². The van der Waals surface area contributed by atoms with Crippen molar-refractivity contribution >= 4 is 21.5 Å². The second-order valence-corrected chi connectivity index (χ2v) is 7.68. The Morgan fingerprint density at radius 3 is 1.97 bits per heavy atom. The molecule has 3 aromatic carbocycles. The molecule has 0 aliphatic heterocycles. The van der Waals surface area contributed by atoms with Crippen molar-refractivity contribution in [1.82, 2.24) is 0 Å². The van der Waals surface area contributed by atoms with Crippen molar-refractivity contribution in [3.8, 4) is 0 Å². The average Bonchev–Trinajstić information content (AvgIpc) is 2.73. The maximum atomic E-state index is 12.5. The molecule has 0 aromatic heterocycles. The van der Waals surface area contributed by atoms with E-state index in [1.54, 1.807) is 12.1 Å². The Hall–Kier alpha value is -3.63. The third kappa shape index (κ3) is 5.04. The molecule has 3 rings (SSSR count). The summed E-state index contributed by atoms with van der Waals surface area (Å²) in [6.45, 7) is 2.03. The fraction of sp³-hybridized carbons (Fsp3) is 0.100. The van der Waals surface area contributed by atoms with E-state index in [1.165, 1.54) is 36.4 Å². The van der Waals surface area contributed by atoms with Crippen LogP contribution in [0.5, 0.6) is 0 Å². The maximum absolute atomic E-state index is 12.5. The molecule has 0 saturated heterocycles. The van der Waals surface area contributed by atoms with Crippen LogP contribution in [0.1, 0.15) is 12.5 Å².